The van der Waals surface area contributed by atoms with E-state index in [4.69, 9.17) is 9.47 Å². The van der Waals surface area contributed by atoms with Gasteiger partial charge in [0.1, 0.15) is 0 Å². The summed E-state index contributed by atoms with van der Waals surface area (Å²) in [5, 5.41) is 2.54. The van der Waals surface area contributed by atoms with E-state index < -0.39 is 0 Å². The Kier molecular flexibility index (Phi) is 3.96. The van der Waals surface area contributed by atoms with Gasteiger partial charge in [0.15, 0.2) is 11.5 Å². The first-order valence-corrected chi connectivity index (χ1v) is 5.07. The van der Waals surface area contributed by atoms with Crippen LogP contribution in [0.4, 0.5) is 0 Å². The van der Waals surface area contributed by atoms with Gasteiger partial charge in [-0.15, -0.1) is 0 Å². The first kappa shape index (κ1) is 11.8. The predicted molar refractivity (Wildman–Crippen MR) is 60.6 cm³/mol. The molecule has 0 aliphatic carbocycles. The summed E-state index contributed by atoms with van der Waals surface area (Å²) in [5.41, 5.74) is 0.436. The van der Waals surface area contributed by atoms with E-state index in [1.807, 2.05) is 0 Å². The Morgan fingerprint density at radius 3 is 2.47 bits per heavy atom. The number of ether oxygens (including phenoxy) is 2. The third-order valence-electron chi connectivity index (χ3n) is 1.92. The fourth-order valence-electron chi connectivity index (χ4n) is 1.23. The number of methoxy groups -OCH3 is 2. The van der Waals surface area contributed by atoms with Crippen molar-refractivity contribution < 1.29 is 14.3 Å². The molecule has 0 atom stereocenters. The van der Waals surface area contributed by atoms with Crippen molar-refractivity contribution in [3.63, 3.8) is 0 Å². The minimum atomic E-state index is -0.216. The minimum absolute atomic E-state index is 0.216. The highest BCUT2D eigenvalue weighted by molar-refractivity contribution is 9.10. The molecule has 1 aromatic rings. The number of hydrogen-bond donors (Lipinski definition) is 1. The largest absolute Gasteiger partial charge is 0.493 e. The lowest BCUT2D eigenvalue weighted by Crippen LogP contribution is -2.18. The highest BCUT2D eigenvalue weighted by atomic mass is 79.9. The average Bonchev–Trinajstić information content (AvgIpc) is 2.26. The summed E-state index contributed by atoms with van der Waals surface area (Å²) in [6.45, 7) is 0. The van der Waals surface area contributed by atoms with Gasteiger partial charge in [-0.05, 0) is 12.1 Å². The summed E-state index contributed by atoms with van der Waals surface area (Å²) in [6.07, 6.45) is 0. The average molecular weight is 274 g/mol. The van der Waals surface area contributed by atoms with Crippen LogP contribution < -0.4 is 14.8 Å². The van der Waals surface area contributed by atoms with E-state index in [2.05, 4.69) is 21.2 Å². The van der Waals surface area contributed by atoms with Crippen LogP contribution in [-0.2, 0) is 0 Å². The van der Waals surface area contributed by atoms with Crippen LogP contribution in [0, 0.1) is 0 Å². The third kappa shape index (κ3) is 2.41. The molecule has 0 aromatic heterocycles. The second-order valence-electron chi connectivity index (χ2n) is 2.77. The summed E-state index contributed by atoms with van der Waals surface area (Å²) in [7, 11) is 4.59. The highest BCUT2D eigenvalue weighted by Crippen LogP contribution is 2.34. The molecule has 0 fully saturated rings. The summed E-state index contributed by atoms with van der Waals surface area (Å²) >= 11 is 3.30. The van der Waals surface area contributed by atoms with Crippen molar-refractivity contribution in [2.24, 2.45) is 0 Å². The standard InChI is InChI=1S/C10H12BrNO3/c1-12-10(13)7-4-6(11)5-8(14-2)9(7)15-3/h4-5H,1-3H3,(H,12,13). The van der Waals surface area contributed by atoms with E-state index in [-0.39, 0.29) is 5.91 Å². The maximum Gasteiger partial charge on any atom is 0.254 e. The van der Waals surface area contributed by atoms with Gasteiger partial charge < -0.3 is 14.8 Å². The Balaban J connectivity index is 3.35. The SMILES string of the molecule is CNC(=O)c1cc(Br)cc(OC)c1OC. The Bertz CT molecular complexity index is 379. The van der Waals surface area contributed by atoms with Gasteiger partial charge in [-0.25, -0.2) is 0 Å². The van der Waals surface area contributed by atoms with Gasteiger partial charge in [-0.1, -0.05) is 15.9 Å². The fraction of sp³-hybridized carbons (Fsp3) is 0.300. The van der Waals surface area contributed by atoms with Crippen molar-refractivity contribution in [1.82, 2.24) is 5.32 Å². The number of carbonyl (C=O) groups is 1. The van der Waals surface area contributed by atoms with Crippen molar-refractivity contribution in [3.05, 3.63) is 22.2 Å². The molecule has 5 heteroatoms. The smallest absolute Gasteiger partial charge is 0.254 e. The van der Waals surface area contributed by atoms with Crippen LogP contribution in [0.1, 0.15) is 10.4 Å². The van der Waals surface area contributed by atoms with Crippen molar-refractivity contribution in [2.75, 3.05) is 21.3 Å². The molecule has 0 aliphatic rings. The normalized spacial score (nSPS) is 9.60. The van der Waals surface area contributed by atoms with Crippen LogP contribution >= 0.6 is 15.9 Å². The van der Waals surface area contributed by atoms with Crippen LogP contribution in [0.5, 0.6) is 11.5 Å². The molecule has 1 rings (SSSR count). The number of hydrogen-bond acceptors (Lipinski definition) is 3. The Hall–Kier alpha value is -1.23. The zero-order valence-corrected chi connectivity index (χ0v) is 10.3. The molecule has 0 saturated heterocycles. The number of halogens is 1. The number of nitrogens with one attached hydrogen (secondary N) is 1. The molecule has 1 aromatic carbocycles. The molecule has 0 radical (unpaired) electrons. The number of amides is 1. The molecule has 0 unspecified atom stereocenters. The summed E-state index contributed by atoms with van der Waals surface area (Å²) in [5.74, 6) is 0.733. The predicted octanol–water partition coefficient (Wildman–Crippen LogP) is 1.83. The minimum Gasteiger partial charge on any atom is -0.493 e. The van der Waals surface area contributed by atoms with E-state index in [1.54, 1.807) is 19.2 Å². The lowest BCUT2D eigenvalue weighted by molar-refractivity contribution is 0.0959. The van der Waals surface area contributed by atoms with Gasteiger partial charge in [0.2, 0.25) is 0 Å². The Labute approximate surface area is 96.7 Å². The van der Waals surface area contributed by atoms with Crippen LogP contribution in [-0.4, -0.2) is 27.2 Å². The van der Waals surface area contributed by atoms with Gasteiger partial charge >= 0.3 is 0 Å². The molecular formula is C10H12BrNO3. The lowest BCUT2D eigenvalue weighted by Gasteiger charge is -2.12. The summed E-state index contributed by atoms with van der Waals surface area (Å²) in [6, 6.07) is 3.42. The molecule has 0 bridgehead atoms. The molecule has 4 nitrogen and oxygen atoms in total. The van der Waals surface area contributed by atoms with Crippen molar-refractivity contribution in [3.8, 4) is 11.5 Å². The molecule has 0 heterocycles. The van der Waals surface area contributed by atoms with Crippen molar-refractivity contribution in [1.29, 1.82) is 0 Å². The van der Waals surface area contributed by atoms with Gasteiger partial charge in [-0.2, -0.15) is 0 Å². The first-order valence-electron chi connectivity index (χ1n) is 4.27. The van der Waals surface area contributed by atoms with E-state index in [0.717, 1.165) is 4.47 Å². The third-order valence-corrected chi connectivity index (χ3v) is 2.37. The molecule has 0 aliphatic heterocycles. The van der Waals surface area contributed by atoms with Crippen LogP contribution in [0.2, 0.25) is 0 Å². The lowest BCUT2D eigenvalue weighted by atomic mass is 10.1. The Morgan fingerprint density at radius 1 is 1.33 bits per heavy atom. The molecule has 0 spiro atoms. The maximum atomic E-state index is 11.5. The fourth-order valence-corrected chi connectivity index (χ4v) is 1.67. The van der Waals surface area contributed by atoms with Gasteiger partial charge in [-0.3, -0.25) is 4.79 Å². The summed E-state index contributed by atoms with van der Waals surface area (Å²) in [4.78, 5) is 11.5. The van der Waals surface area contributed by atoms with Gasteiger partial charge in [0, 0.05) is 11.5 Å². The molecule has 0 saturated carbocycles. The zero-order valence-electron chi connectivity index (χ0n) is 8.76. The summed E-state index contributed by atoms with van der Waals surface area (Å²) < 4.78 is 11.0. The van der Waals surface area contributed by atoms with E-state index in [0.29, 0.717) is 17.1 Å². The second kappa shape index (κ2) is 5.02. The van der Waals surface area contributed by atoms with Gasteiger partial charge in [0.25, 0.3) is 5.91 Å². The first-order chi connectivity index (χ1) is 7.13. The van der Waals surface area contributed by atoms with Gasteiger partial charge in [0.05, 0.1) is 19.8 Å². The molecule has 82 valence electrons. The maximum absolute atomic E-state index is 11.5. The number of carbonyl (C=O) groups excluding carboxylic acids is 1. The molecular weight excluding hydrogens is 262 g/mol. The molecule has 1 amide bonds. The van der Waals surface area contributed by atoms with Crippen LogP contribution in [0.15, 0.2) is 16.6 Å². The quantitative estimate of drug-likeness (QED) is 0.914. The number of benzene rings is 1. The topological polar surface area (TPSA) is 47.6 Å². The van der Waals surface area contributed by atoms with E-state index in [1.165, 1.54) is 14.2 Å². The molecule has 1 N–H and O–H groups in total. The number of rotatable bonds is 3. The van der Waals surface area contributed by atoms with Crippen LogP contribution in [0.3, 0.4) is 0 Å². The molecule has 15 heavy (non-hydrogen) atoms. The zero-order chi connectivity index (χ0) is 11.4. The monoisotopic (exact) mass is 273 g/mol. The second-order valence-corrected chi connectivity index (χ2v) is 3.68. The van der Waals surface area contributed by atoms with Crippen LogP contribution in [0.25, 0.3) is 0 Å². The Morgan fingerprint density at radius 2 is 2.00 bits per heavy atom. The van der Waals surface area contributed by atoms with E-state index >= 15 is 0 Å². The van der Waals surface area contributed by atoms with E-state index in [9.17, 15) is 4.79 Å². The van der Waals surface area contributed by atoms with Crippen molar-refractivity contribution >= 4 is 21.8 Å². The highest BCUT2D eigenvalue weighted by Gasteiger charge is 2.16. The van der Waals surface area contributed by atoms with Crippen molar-refractivity contribution in [2.45, 2.75) is 0 Å².